The van der Waals surface area contributed by atoms with Crippen LogP contribution in [0.25, 0.3) is 11.6 Å². The Hall–Kier alpha value is -0.0362. The molecule has 102 valence electrons. The molecule has 4 heteroatoms. The van der Waals surface area contributed by atoms with Crippen LogP contribution in [0.1, 0.15) is 10.4 Å². The van der Waals surface area contributed by atoms with Gasteiger partial charge in [-0.25, -0.2) is 0 Å². The zero-order valence-electron chi connectivity index (χ0n) is 12.6. The summed E-state index contributed by atoms with van der Waals surface area (Å²) in [6, 6.07) is 2.49. The molecular formula is C15H22S2Si2. The predicted molar refractivity (Wildman–Crippen MR) is 98.0 cm³/mol. The normalized spacial score (nSPS) is 22.1. The molecule has 0 spiro atoms. The molecule has 1 unspecified atom stereocenters. The largest absolute Gasteiger partial charge is 0.145 e. The highest BCUT2D eigenvalue weighted by atomic mass is 32.2. The van der Waals surface area contributed by atoms with E-state index in [-0.39, 0.29) is 0 Å². The third-order valence-electron chi connectivity index (χ3n) is 3.74. The van der Waals surface area contributed by atoms with Gasteiger partial charge in [-0.3, -0.25) is 0 Å². The van der Waals surface area contributed by atoms with E-state index in [1.165, 1.54) is 15.3 Å². The van der Waals surface area contributed by atoms with Crippen LogP contribution in [0.4, 0.5) is 0 Å². The highest BCUT2D eigenvalue weighted by molar-refractivity contribution is 8.06. The molecular weight excluding hydrogens is 300 g/mol. The minimum Gasteiger partial charge on any atom is -0.145 e. The van der Waals surface area contributed by atoms with E-state index in [1.54, 1.807) is 10.1 Å². The van der Waals surface area contributed by atoms with Crippen LogP contribution in [-0.4, -0.2) is 21.0 Å². The number of allylic oxidation sites excluding steroid dienone is 1. The van der Waals surface area contributed by atoms with Gasteiger partial charge in [0.25, 0.3) is 0 Å². The molecule has 1 aromatic rings. The topological polar surface area (TPSA) is 0 Å². The van der Waals surface area contributed by atoms with Crippen molar-refractivity contribution >= 4 is 55.4 Å². The molecule has 0 aromatic carbocycles. The maximum atomic E-state index is 2.56. The van der Waals surface area contributed by atoms with Crippen molar-refractivity contribution in [3.05, 3.63) is 27.5 Å². The molecule has 19 heavy (non-hydrogen) atoms. The molecule has 1 atom stereocenters. The standard InChI is InChI=1S/C15H22S2Si2/c1-18(2,3)14-7-10-11-8-15(19(4,5)6)17-13(11)9-12(10)16-14/h7-9,14H,1-6H3. The Kier molecular flexibility index (Phi) is 3.10. The maximum Gasteiger partial charge on any atom is 0.0904 e. The second kappa shape index (κ2) is 4.23. The molecule has 1 aliphatic carbocycles. The predicted octanol–water partition coefficient (Wildman–Crippen LogP) is 5.02. The van der Waals surface area contributed by atoms with Crippen molar-refractivity contribution in [2.45, 2.75) is 44.2 Å². The first kappa shape index (κ1) is 13.9. The molecule has 3 rings (SSSR count). The van der Waals surface area contributed by atoms with Crippen molar-refractivity contribution < 1.29 is 0 Å². The van der Waals surface area contributed by atoms with Gasteiger partial charge in [-0.05, 0) is 22.2 Å². The second-order valence-electron chi connectivity index (χ2n) is 7.63. The lowest BCUT2D eigenvalue weighted by Gasteiger charge is -2.21. The molecule has 0 saturated heterocycles. The highest BCUT2D eigenvalue weighted by Crippen LogP contribution is 2.51. The van der Waals surface area contributed by atoms with E-state index >= 15 is 0 Å². The summed E-state index contributed by atoms with van der Waals surface area (Å²) in [5, 5.41) is 0. The van der Waals surface area contributed by atoms with Crippen molar-refractivity contribution in [1.29, 1.82) is 0 Å². The number of rotatable bonds is 2. The number of hydrogen-bond acceptors (Lipinski definition) is 2. The molecule has 0 amide bonds. The van der Waals surface area contributed by atoms with Gasteiger partial charge in [0.15, 0.2) is 0 Å². The Balaban J connectivity index is 2.01. The van der Waals surface area contributed by atoms with Crippen LogP contribution in [0.5, 0.6) is 0 Å². The number of thioether (sulfide) groups is 1. The smallest absolute Gasteiger partial charge is 0.0904 e. The number of thiophene rings is 1. The summed E-state index contributed by atoms with van der Waals surface area (Å²) in [5.74, 6) is 0. The average molecular weight is 323 g/mol. The van der Waals surface area contributed by atoms with Gasteiger partial charge in [0.2, 0.25) is 0 Å². The fraction of sp³-hybridized carbons (Fsp3) is 0.467. The van der Waals surface area contributed by atoms with Crippen LogP contribution < -0.4 is 4.50 Å². The van der Waals surface area contributed by atoms with E-state index in [1.807, 2.05) is 11.3 Å². The summed E-state index contributed by atoms with van der Waals surface area (Å²) in [4.78, 5) is 3.81. The van der Waals surface area contributed by atoms with Crippen LogP contribution in [0.3, 0.4) is 0 Å². The first-order valence-electron chi connectivity index (χ1n) is 6.91. The van der Waals surface area contributed by atoms with Crippen LogP contribution >= 0.6 is 23.1 Å². The van der Waals surface area contributed by atoms with E-state index < -0.39 is 16.1 Å². The fourth-order valence-electron chi connectivity index (χ4n) is 2.44. The van der Waals surface area contributed by atoms with Crippen molar-refractivity contribution in [1.82, 2.24) is 0 Å². The second-order valence-corrected chi connectivity index (χ2v) is 21.1. The van der Waals surface area contributed by atoms with E-state index in [0.29, 0.717) is 0 Å². The SMILES string of the molecule is C[Si](C)(C)c1cc2c(s1)C=C1SC([Si](C)(C)C)C=C12. The molecule has 0 nitrogen and oxygen atoms in total. The summed E-state index contributed by atoms with van der Waals surface area (Å²) in [6.45, 7) is 14.8. The van der Waals surface area contributed by atoms with Gasteiger partial charge < -0.3 is 0 Å². The monoisotopic (exact) mass is 322 g/mol. The molecule has 0 N–H and O–H groups in total. The summed E-state index contributed by atoms with van der Waals surface area (Å²) < 4.78 is 1.65. The van der Waals surface area contributed by atoms with Crippen molar-refractivity contribution in [3.8, 4) is 0 Å². The average Bonchev–Trinajstić information content (AvgIpc) is 2.81. The maximum absolute atomic E-state index is 2.56. The van der Waals surface area contributed by atoms with Gasteiger partial charge in [-0.1, -0.05) is 45.4 Å². The Morgan fingerprint density at radius 1 is 1.05 bits per heavy atom. The summed E-state index contributed by atoms with van der Waals surface area (Å²) in [5.41, 5.74) is 3.08. The van der Waals surface area contributed by atoms with Gasteiger partial charge in [0.1, 0.15) is 0 Å². The molecule has 0 fully saturated rings. The Bertz CT molecular complexity index is 595. The fourth-order valence-corrected chi connectivity index (χ4v) is 8.95. The van der Waals surface area contributed by atoms with Crippen molar-refractivity contribution in [2.75, 3.05) is 0 Å². The van der Waals surface area contributed by atoms with E-state index in [0.717, 1.165) is 4.87 Å². The third-order valence-corrected chi connectivity index (χ3v) is 13.7. The highest BCUT2D eigenvalue weighted by Gasteiger charge is 2.36. The van der Waals surface area contributed by atoms with Gasteiger partial charge in [-0.15, -0.1) is 23.1 Å². The van der Waals surface area contributed by atoms with Gasteiger partial charge in [-0.2, -0.15) is 0 Å². The summed E-state index contributed by atoms with van der Waals surface area (Å²) >= 11 is 4.15. The molecule has 0 bridgehead atoms. The van der Waals surface area contributed by atoms with Crippen LogP contribution in [0.15, 0.2) is 17.0 Å². The lowest BCUT2D eigenvalue weighted by molar-refractivity contribution is 1.47. The lowest BCUT2D eigenvalue weighted by Crippen LogP contribution is -2.34. The van der Waals surface area contributed by atoms with Crippen molar-refractivity contribution in [2.24, 2.45) is 0 Å². The minimum absolute atomic E-state index is 0.761. The molecule has 0 saturated carbocycles. The Morgan fingerprint density at radius 2 is 1.74 bits per heavy atom. The van der Waals surface area contributed by atoms with Crippen LogP contribution in [-0.2, 0) is 0 Å². The molecule has 1 aromatic heterocycles. The first-order chi connectivity index (χ1) is 8.66. The van der Waals surface area contributed by atoms with Gasteiger partial charge in [0, 0.05) is 20.2 Å². The van der Waals surface area contributed by atoms with Crippen LogP contribution in [0.2, 0.25) is 39.3 Å². The van der Waals surface area contributed by atoms with Gasteiger partial charge in [0.05, 0.1) is 16.1 Å². The lowest BCUT2D eigenvalue weighted by atomic mass is 10.1. The minimum atomic E-state index is -1.16. The number of hydrogen-bond donors (Lipinski definition) is 0. The summed E-state index contributed by atoms with van der Waals surface area (Å²) in [7, 11) is -2.24. The quantitative estimate of drug-likeness (QED) is 0.689. The molecule has 2 heterocycles. The Labute approximate surface area is 127 Å². The first-order valence-corrected chi connectivity index (χ1v) is 15.7. The van der Waals surface area contributed by atoms with E-state index in [9.17, 15) is 0 Å². The number of fused-ring (bicyclic) bond motifs is 3. The molecule has 0 radical (unpaired) electrons. The summed E-state index contributed by atoms with van der Waals surface area (Å²) in [6.07, 6.45) is 5.01. The van der Waals surface area contributed by atoms with E-state index in [2.05, 4.69) is 69.3 Å². The van der Waals surface area contributed by atoms with Crippen molar-refractivity contribution in [3.63, 3.8) is 0 Å². The zero-order valence-corrected chi connectivity index (χ0v) is 16.3. The third kappa shape index (κ3) is 2.37. The molecule has 1 aliphatic heterocycles. The zero-order chi connectivity index (χ0) is 14.0. The Morgan fingerprint density at radius 3 is 2.32 bits per heavy atom. The molecule has 2 aliphatic rings. The van der Waals surface area contributed by atoms with E-state index in [4.69, 9.17) is 0 Å². The van der Waals surface area contributed by atoms with Crippen LogP contribution in [0, 0.1) is 0 Å². The van der Waals surface area contributed by atoms with Gasteiger partial charge >= 0.3 is 0 Å².